The molecule has 0 radical (unpaired) electrons. The van der Waals surface area contributed by atoms with Crippen LogP contribution in [0.1, 0.15) is 33.4 Å². The van der Waals surface area contributed by atoms with Crippen molar-refractivity contribution in [1.29, 1.82) is 0 Å². The van der Waals surface area contributed by atoms with Gasteiger partial charge < -0.3 is 15.0 Å². The van der Waals surface area contributed by atoms with Crippen LogP contribution in [0.5, 0.6) is 0 Å². The van der Waals surface area contributed by atoms with Crippen LogP contribution in [0.4, 0.5) is 5.82 Å². The fourth-order valence-electron chi connectivity index (χ4n) is 2.76. The average molecular weight is 264 g/mol. The Morgan fingerprint density at radius 1 is 1.21 bits per heavy atom. The highest BCUT2D eigenvalue weighted by Crippen LogP contribution is 2.30. The molecule has 1 aliphatic heterocycles. The normalized spacial score (nSPS) is 21.4. The molecule has 0 aromatic carbocycles. The third kappa shape index (κ3) is 3.64. The van der Waals surface area contributed by atoms with E-state index in [-0.39, 0.29) is 11.2 Å². The molecule has 0 saturated carbocycles. The summed E-state index contributed by atoms with van der Waals surface area (Å²) < 4.78 is 6.09. The van der Waals surface area contributed by atoms with Gasteiger partial charge in [0.2, 0.25) is 0 Å². The van der Waals surface area contributed by atoms with Gasteiger partial charge in [-0.2, -0.15) is 0 Å². The molecule has 0 aliphatic carbocycles. The molecule has 1 aromatic rings. The van der Waals surface area contributed by atoms with Gasteiger partial charge in [0.05, 0.1) is 23.1 Å². The Morgan fingerprint density at radius 2 is 1.84 bits per heavy atom. The van der Waals surface area contributed by atoms with E-state index in [1.165, 1.54) is 0 Å². The van der Waals surface area contributed by atoms with E-state index in [0.717, 1.165) is 31.1 Å². The molecule has 5 nitrogen and oxygen atoms in total. The summed E-state index contributed by atoms with van der Waals surface area (Å²) in [6, 6.07) is 0. The smallest absolute Gasteiger partial charge is 0.147 e. The van der Waals surface area contributed by atoms with Crippen LogP contribution in [0.2, 0.25) is 0 Å². The van der Waals surface area contributed by atoms with Crippen LogP contribution in [-0.4, -0.2) is 41.3 Å². The maximum absolute atomic E-state index is 6.09. The van der Waals surface area contributed by atoms with Gasteiger partial charge in [-0.25, -0.2) is 4.98 Å². The van der Waals surface area contributed by atoms with E-state index in [2.05, 4.69) is 47.9 Å². The minimum atomic E-state index is -0.178. The third-order valence-electron chi connectivity index (χ3n) is 3.05. The first kappa shape index (κ1) is 14.2. The molecule has 0 amide bonds. The van der Waals surface area contributed by atoms with Gasteiger partial charge >= 0.3 is 0 Å². The highest BCUT2D eigenvalue weighted by Gasteiger charge is 2.38. The molecule has 5 heteroatoms. The molecule has 2 rings (SSSR count). The van der Waals surface area contributed by atoms with Crippen molar-refractivity contribution in [3.05, 3.63) is 18.1 Å². The molecular formula is C14H24N4O. The zero-order valence-corrected chi connectivity index (χ0v) is 12.5. The van der Waals surface area contributed by atoms with Crippen LogP contribution in [0.3, 0.4) is 0 Å². The summed E-state index contributed by atoms with van der Waals surface area (Å²) in [6.45, 7) is 10.9. The second-order valence-electron chi connectivity index (χ2n) is 6.38. The van der Waals surface area contributed by atoms with E-state index in [9.17, 15) is 0 Å². The molecule has 19 heavy (non-hydrogen) atoms. The number of anilines is 1. The lowest BCUT2D eigenvalue weighted by Gasteiger charge is -2.47. The lowest BCUT2D eigenvalue weighted by molar-refractivity contribution is -0.133. The molecule has 1 saturated heterocycles. The third-order valence-corrected chi connectivity index (χ3v) is 3.05. The van der Waals surface area contributed by atoms with Crippen LogP contribution in [0, 0.1) is 0 Å². The summed E-state index contributed by atoms with van der Waals surface area (Å²) in [7, 11) is 1.91. The van der Waals surface area contributed by atoms with Gasteiger partial charge in [-0.3, -0.25) is 4.98 Å². The average Bonchev–Trinajstić information content (AvgIpc) is 2.25. The summed E-state index contributed by atoms with van der Waals surface area (Å²) in [5.74, 6) is 0.928. The van der Waals surface area contributed by atoms with Crippen molar-refractivity contribution in [2.24, 2.45) is 0 Å². The van der Waals surface area contributed by atoms with Gasteiger partial charge in [-0.05, 0) is 34.7 Å². The fraction of sp³-hybridized carbons (Fsp3) is 0.714. The van der Waals surface area contributed by atoms with E-state index in [0.29, 0.717) is 0 Å². The van der Waals surface area contributed by atoms with Gasteiger partial charge in [0.15, 0.2) is 0 Å². The highest BCUT2D eigenvalue weighted by atomic mass is 16.5. The number of nitrogens with one attached hydrogen (secondary N) is 1. The summed E-state index contributed by atoms with van der Waals surface area (Å²) in [4.78, 5) is 11.2. The van der Waals surface area contributed by atoms with Gasteiger partial charge in [-0.1, -0.05) is 0 Å². The highest BCUT2D eigenvalue weighted by molar-refractivity contribution is 5.38. The number of rotatable bonds is 3. The monoisotopic (exact) mass is 264 g/mol. The van der Waals surface area contributed by atoms with E-state index in [1.807, 2.05) is 13.2 Å². The van der Waals surface area contributed by atoms with Crippen molar-refractivity contribution >= 4 is 5.82 Å². The first-order chi connectivity index (χ1) is 8.81. The Morgan fingerprint density at radius 3 is 2.42 bits per heavy atom. The van der Waals surface area contributed by atoms with Crippen molar-refractivity contribution in [1.82, 2.24) is 15.3 Å². The quantitative estimate of drug-likeness (QED) is 0.898. The molecule has 0 atom stereocenters. The number of hydrogen-bond acceptors (Lipinski definition) is 5. The van der Waals surface area contributed by atoms with Crippen LogP contribution in [-0.2, 0) is 11.3 Å². The van der Waals surface area contributed by atoms with E-state index < -0.39 is 0 Å². The summed E-state index contributed by atoms with van der Waals surface area (Å²) in [6.07, 6.45) is 3.63. The lowest BCUT2D eigenvalue weighted by Crippen LogP contribution is -2.57. The molecule has 106 valence electrons. The molecular weight excluding hydrogens is 240 g/mol. The molecule has 0 bridgehead atoms. The standard InChI is InChI=1S/C14H24N4O/c1-13(2)9-18(10-14(3,4)19-13)12-8-16-7-11(17-12)6-15-5/h7-8,15H,6,9-10H2,1-5H3. The number of hydrogen-bond donors (Lipinski definition) is 1. The van der Waals surface area contributed by atoms with Gasteiger partial charge in [0.25, 0.3) is 0 Å². The van der Waals surface area contributed by atoms with Crippen LogP contribution in [0.25, 0.3) is 0 Å². The Labute approximate surface area is 115 Å². The number of morpholine rings is 1. The van der Waals surface area contributed by atoms with Crippen molar-refractivity contribution in [3.63, 3.8) is 0 Å². The molecule has 1 fully saturated rings. The maximum atomic E-state index is 6.09. The largest absolute Gasteiger partial charge is 0.366 e. The van der Waals surface area contributed by atoms with Gasteiger partial charge in [-0.15, -0.1) is 0 Å². The van der Waals surface area contributed by atoms with Crippen LogP contribution >= 0.6 is 0 Å². The zero-order valence-electron chi connectivity index (χ0n) is 12.5. The second kappa shape index (κ2) is 5.06. The minimum Gasteiger partial charge on any atom is -0.366 e. The summed E-state index contributed by atoms with van der Waals surface area (Å²) in [5, 5.41) is 3.10. The summed E-state index contributed by atoms with van der Waals surface area (Å²) >= 11 is 0. The maximum Gasteiger partial charge on any atom is 0.147 e. The molecule has 1 aliphatic rings. The zero-order chi connectivity index (χ0) is 14.1. The van der Waals surface area contributed by atoms with E-state index >= 15 is 0 Å². The molecule has 1 aromatic heterocycles. The van der Waals surface area contributed by atoms with E-state index in [4.69, 9.17) is 4.74 Å². The summed E-state index contributed by atoms with van der Waals surface area (Å²) in [5.41, 5.74) is 0.604. The first-order valence-electron chi connectivity index (χ1n) is 6.72. The topological polar surface area (TPSA) is 50.3 Å². The SMILES string of the molecule is CNCc1cncc(N2CC(C)(C)OC(C)(C)C2)n1. The van der Waals surface area contributed by atoms with Gasteiger partial charge in [0.1, 0.15) is 5.82 Å². The minimum absolute atomic E-state index is 0.178. The van der Waals surface area contributed by atoms with Crippen molar-refractivity contribution in [2.75, 3.05) is 25.0 Å². The first-order valence-corrected chi connectivity index (χ1v) is 6.72. The van der Waals surface area contributed by atoms with Crippen molar-refractivity contribution < 1.29 is 4.74 Å². The predicted molar refractivity (Wildman–Crippen MR) is 76.3 cm³/mol. The van der Waals surface area contributed by atoms with Crippen molar-refractivity contribution in [3.8, 4) is 0 Å². The van der Waals surface area contributed by atoms with Crippen LogP contribution in [0.15, 0.2) is 12.4 Å². The Hall–Kier alpha value is -1.20. The Balaban J connectivity index is 2.23. The molecule has 2 heterocycles. The number of ether oxygens (including phenoxy) is 1. The fourth-order valence-corrected chi connectivity index (χ4v) is 2.76. The van der Waals surface area contributed by atoms with Gasteiger partial charge in [0, 0.05) is 25.8 Å². The molecule has 1 N–H and O–H groups in total. The Kier molecular flexibility index (Phi) is 3.78. The molecule has 0 spiro atoms. The Bertz CT molecular complexity index is 429. The lowest BCUT2D eigenvalue weighted by atomic mass is 9.99. The molecule has 0 unspecified atom stereocenters. The van der Waals surface area contributed by atoms with E-state index in [1.54, 1.807) is 6.20 Å². The number of aromatic nitrogens is 2. The predicted octanol–water partition coefficient (Wildman–Crippen LogP) is 1.59. The number of nitrogens with zero attached hydrogens (tertiary/aromatic N) is 3. The second-order valence-corrected chi connectivity index (χ2v) is 6.38. The van der Waals surface area contributed by atoms with Crippen LogP contribution < -0.4 is 10.2 Å². The van der Waals surface area contributed by atoms with Crippen molar-refractivity contribution in [2.45, 2.75) is 45.4 Å².